The number of rotatable bonds is 6. The van der Waals surface area contributed by atoms with Crippen molar-refractivity contribution in [1.82, 2.24) is 4.90 Å². The van der Waals surface area contributed by atoms with Crippen molar-refractivity contribution in [3.05, 3.63) is 29.3 Å². The number of nitrogens with zero attached hydrogens (tertiary/aromatic N) is 1. The normalized spacial score (nSPS) is 20.9. The lowest BCUT2D eigenvalue weighted by Gasteiger charge is -2.30. The number of benzene rings is 1. The fraction of sp³-hybridized carbons (Fsp3) is 0.588. The van der Waals surface area contributed by atoms with E-state index in [4.69, 9.17) is 20.5 Å². The van der Waals surface area contributed by atoms with Gasteiger partial charge in [0.15, 0.2) is 0 Å². The molecule has 0 radical (unpaired) electrons. The monoisotopic (exact) mass is 389 g/mol. The lowest BCUT2D eigenvalue weighted by Crippen LogP contribution is -2.35. The summed E-state index contributed by atoms with van der Waals surface area (Å²) in [5, 5.41) is 0.588. The first-order chi connectivity index (χ1) is 11.7. The van der Waals surface area contributed by atoms with Crippen molar-refractivity contribution in [1.29, 1.82) is 0 Å². The summed E-state index contributed by atoms with van der Waals surface area (Å²) in [4.78, 5) is 13.7. The molecule has 1 aliphatic carbocycles. The quantitative estimate of drug-likeness (QED) is 0.695. The Kier molecular flexibility index (Phi) is 7.10. The van der Waals surface area contributed by atoms with Crippen LogP contribution in [0.3, 0.4) is 0 Å². The molecule has 0 N–H and O–H groups in total. The molecular formula is C17H24ClNO5S. The molecule has 2 rings (SSSR count). The van der Waals surface area contributed by atoms with E-state index in [9.17, 15) is 13.2 Å². The predicted molar refractivity (Wildman–Crippen MR) is 96.3 cm³/mol. The van der Waals surface area contributed by atoms with Crippen LogP contribution < -0.4 is 4.74 Å². The summed E-state index contributed by atoms with van der Waals surface area (Å²) in [6.07, 6.45) is 4.36. The highest BCUT2D eigenvalue weighted by Crippen LogP contribution is 2.29. The molecule has 1 saturated carbocycles. The van der Waals surface area contributed by atoms with Gasteiger partial charge < -0.3 is 9.64 Å². The minimum Gasteiger partial charge on any atom is -0.410 e. The van der Waals surface area contributed by atoms with E-state index in [-0.39, 0.29) is 12.5 Å². The van der Waals surface area contributed by atoms with Gasteiger partial charge in [0.05, 0.1) is 12.9 Å². The van der Waals surface area contributed by atoms with Gasteiger partial charge in [-0.3, -0.25) is 4.18 Å². The van der Waals surface area contributed by atoms with E-state index in [1.54, 1.807) is 36.2 Å². The highest BCUT2D eigenvalue weighted by atomic mass is 35.5. The van der Waals surface area contributed by atoms with Crippen molar-refractivity contribution in [3.63, 3.8) is 0 Å². The summed E-state index contributed by atoms with van der Waals surface area (Å²) in [5.41, 5.74) is 0. The van der Waals surface area contributed by atoms with E-state index < -0.39 is 16.2 Å². The van der Waals surface area contributed by atoms with Crippen LogP contribution >= 0.6 is 11.6 Å². The maximum atomic E-state index is 12.1. The summed E-state index contributed by atoms with van der Waals surface area (Å²) >= 11 is 5.81. The number of ether oxygens (including phenoxy) is 1. The molecule has 6 nitrogen and oxygen atoms in total. The summed E-state index contributed by atoms with van der Waals surface area (Å²) in [7, 11) is -1.66. The second-order valence-electron chi connectivity index (χ2n) is 6.58. The van der Waals surface area contributed by atoms with Gasteiger partial charge in [-0.1, -0.05) is 11.6 Å². The third kappa shape index (κ3) is 7.22. The Hall–Kier alpha value is -1.31. The van der Waals surface area contributed by atoms with Gasteiger partial charge in [0.25, 0.3) is 10.1 Å². The number of amides is 1. The van der Waals surface area contributed by atoms with Gasteiger partial charge in [0.1, 0.15) is 5.75 Å². The van der Waals surface area contributed by atoms with Crippen LogP contribution in [0.4, 0.5) is 4.79 Å². The van der Waals surface area contributed by atoms with Crippen molar-refractivity contribution in [2.75, 3.05) is 26.5 Å². The second kappa shape index (κ2) is 8.87. The second-order valence-corrected chi connectivity index (χ2v) is 8.66. The Labute approximate surface area is 154 Å². The molecule has 1 amide bonds. The first-order valence-corrected chi connectivity index (χ1v) is 10.5. The van der Waals surface area contributed by atoms with E-state index in [0.717, 1.165) is 31.9 Å². The molecule has 1 aromatic rings. The Morgan fingerprint density at radius 1 is 1.16 bits per heavy atom. The molecule has 8 heteroatoms. The molecule has 0 bridgehead atoms. The highest BCUT2D eigenvalue weighted by molar-refractivity contribution is 7.85. The zero-order valence-corrected chi connectivity index (χ0v) is 16.1. The van der Waals surface area contributed by atoms with Crippen LogP contribution in [0.2, 0.25) is 5.02 Å². The average molecular weight is 390 g/mol. The van der Waals surface area contributed by atoms with Crippen LogP contribution in [0.15, 0.2) is 24.3 Å². The van der Waals surface area contributed by atoms with E-state index in [1.807, 2.05) is 0 Å². The smallest absolute Gasteiger partial charge is 0.410 e. The lowest BCUT2D eigenvalue weighted by atomic mass is 9.82. The molecule has 140 valence electrons. The third-order valence-electron chi connectivity index (χ3n) is 4.35. The van der Waals surface area contributed by atoms with Gasteiger partial charge >= 0.3 is 6.09 Å². The van der Waals surface area contributed by atoms with E-state index >= 15 is 0 Å². The van der Waals surface area contributed by atoms with Crippen LogP contribution in [0.1, 0.15) is 25.7 Å². The summed E-state index contributed by atoms with van der Waals surface area (Å²) < 4.78 is 32.3. The predicted octanol–water partition coefficient (Wildman–Crippen LogP) is 3.55. The molecule has 1 fully saturated rings. The van der Waals surface area contributed by atoms with Crippen LogP contribution in [-0.2, 0) is 14.3 Å². The summed E-state index contributed by atoms with van der Waals surface area (Å²) in [5.74, 6) is 1.11. The summed E-state index contributed by atoms with van der Waals surface area (Å²) in [6, 6.07) is 6.65. The highest BCUT2D eigenvalue weighted by Gasteiger charge is 2.25. The first kappa shape index (κ1) is 20.0. The van der Waals surface area contributed by atoms with Crippen LogP contribution in [-0.4, -0.2) is 45.9 Å². The van der Waals surface area contributed by atoms with Crippen LogP contribution in [0.5, 0.6) is 5.75 Å². The Morgan fingerprint density at radius 3 is 2.28 bits per heavy atom. The average Bonchev–Trinajstić information content (AvgIpc) is 2.55. The van der Waals surface area contributed by atoms with E-state index in [2.05, 4.69) is 0 Å². The van der Waals surface area contributed by atoms with Crippen molar-refractivity contribution >= 4 is 27.8 Å². The van der Waals surface area contributed by atoms with Gasteiger partial charge in [-0.15, -0.1) is 0 Å². The number of carbonyl (C=O) groups is 1. The van der Waals surface area contributed by atoms with Crippen molar-refractivity contribution < 1.29 is 22.1 Å². The Balaban J connectivity index is 1.73. The van der Waals surface area contributed by atoms with E-state index in [1.165, 1.54) is 0 Å². The molecule has 0 aliphatic heterocycles. The van der Waals surface area contributed by atoms with Crippen molar-refractivity contribution in [2.24, 2.45) is 11.8 Å². The number of hydrogen-bond donors (Lipinski definition) is 0. The molecule has 0 heterocycles. The van der Waals surface area contributed by atoms with Gasteiger partial charge in [-0.05, 0) is 61.8 Å². The molecule has 1 aliphatic rings. The van der Waals surface area contributed by atoms with Crippen LogP contribution in [0, 0.1) is 11.8 Å². The summed E-state index contributed by atoms with van der Waals surface area (Å²) in [6.45, 7) is 0.867. The van der Waals surface area contributed by atoms with Crippen molar-refractivity contribution in [3.8, 4) is 5.75 Å². The largest absolute Gasteiger partial charge is 0.414 e. The third-order valence-corrected chi connectivity index (χ3v) is 5.16. The van der Waals surface area contributed by atoms with Gasteiger partial charge in [0.2, 0.25) is 0 Å². The SMILES string of the molecule is CN(CC1CCC(COS(C)(=O)=O)CC1)C(=O)Oc1ccc(Cl)cc1. The Morgan fingerprint density at radius 2 is 1.72 bits per heavy atom. The fourth-order valence-corrected chi connectivity index (χ4v) is 3.51. The molecule has 0 atom stereocenters. The molecule has 0 aromatic heterocycles. The van der Waals surface area contributed by atoms with Gasteiger partial charge in [-0.25, -0.2) is 4.79 Å². The maximum absolute atomic E-state index is 12.1. The van der Waals surface area contributed by atoms with Gasteiger partial charge in [-0.2, -0.15) is 8.42 Å². The minimum absolute atomic E-state index is 0.250. The molecule has 25 heavy (non-hydrogen) atoms. The van der Waals surface area contributed by atoms with E-state index in [0.29, 0.717) is 23.2 Å². The molecule has 0 unspecified atom stereocenters. The first-order valence-electron chi connectivity index (χ1n) is 8.26. The maximum Gasteiger partial charge on any atom is 0.414 e. The zero-order chi connectivity index (χ0) is 18.4. The van der Waals surface area contributed by atoms with Crippen LogP contribution in [0.25, 0.3) is 0 Å². The lowest BCUT2D eigenvalue weighted by molar-refractivity contribution is 0.137. The zero-order valence-electron chi connectivity index (χ0n) is 14.5. The fourth-order valence-electron chi connectivity index (χ4n) is 2.94. The van der Waals surface area contributed by atoms with Gasteiger partial charge in [0, 0.05) is 18.6 Å². The number of hydrogen-bond acceptors (Lipinski definition) is 5. The standard InChI is InChI=1S/C17H24ClNO5S/c1-19(17(20)24-16-9-7-15(18)8-10-16)11-13-3-5-14(6-4-13)12-23-25(2,21)22/h7-10,13-14H,3-6,11-12H2,1-2H3. The molecule has 1 aromatic carbocycles. The number of carbonyl (C=O) groups excluding carboxylic acids is 1. The van der Waals surface area contributed by atoms with Crippen molar-refractivity contribution in [2.45, 2.75) is 25.7 Å². The minimum atomic E-state index is -3.38. The topological polar surface area (TPSA) is 72.9 Å². The molecule has 0 spiro atoms. The number of halogens is 1. The Bertz CT molecular complexity index is 669. The molecular weight excluding hydrogens is 366 g/mol. The molecule has 0 saturated heterocycles.